The quantitative estimate of drug-likeness (QED) is 0.755. The zero-order chi connectivity index (χ0) is 18.2. The van der Waals surface area contributed by atoms with Crippen LogP contribution in [0.5, 0.6) is 0 Å². The van der Waals surface area contributed by atoms with Crippen LogP contribution in [0.2, 0.25) is 0 Å². The first-order valence-electron chi connectivity index (χ1n) is 8.38. The number of fused-ring (bicyclic) bond motifs is 1. The molecule has 1 aromatic rings. The topological polar surface area (TPSA) is 95.7 Å². The monoisotopic (exact) mass is 346 g/mol. The van der Waals surface area contributed by atoms with Crippen molar-refractivity contribution in [1.82, 2.24) is 19.6 Å². The van der Waals surface area contributed by atoms with E-state index in [2.05, 4.69) is 11.7 Å². The maximum atomic E-state index is 12.8. The standard InChI is InChI=1S/C17H22N4O4/c1-3-7-19-10-17(16(24)25)11-20(9-12(17)14(19)22)15(23)13-5-6-18-21(13)8-4-2/h3,5-6,12H,1,4,7-11H2,2H3,(H,24,25)/t12-,17+/m1/s1. The van der Waals surface area contributed by atoms with Gasteiger partial charge in [-0.05, 0) is 12.5 Å². The summed E-state index contributed by atoms with van der Waals surface area (Å²) in [5.74, 6) is -2.24. The van der Waals surface area contributed by atoms with Crippen LogP contribution in [0.1, 0.15) is 23.8 Å². The molecule has 2 aliphatic heterocycles. The number of rotatable bonds is 6. The second-order valence-electron chi connectivity index (χ2n) is 6.65. The van der Waals surface area contributed by atoms with Crippen LogP contribution in [-0.2, 0) is 16.1 Å². The first-order valence-corrected chi connectivity index (χ1v) is 8.38. The van der Waals surface area contributed by atoms with Gasteiger partial charge in [0.1, 0.15) is 11.1 Å². The first-order chi connectivity index (χ1) is 11.9. The molecule has 0 unspecified atom stereocenters. The van der Waals surface area contributed by atoms with Crippen molar-refractivity contribution in [3.05, 3.63) is 30.6 Å². The van der Waals surface area contributed by atoms with Gasteiger partial charge in [-0.15, -0.1) is 6.58 Å². The number of carbonyl (C=O) groups is 3. The molecule has 2 aliphatic rings. The zero-order valence-electron chi connectivity index (χ0n) is 14.2. The van der Waals surface area contributed by atoms with Gasteiger partial charge in [0.2, 0.25) is 5.91 Å². The van der Waals surface area contributed by atoms with Gasteiger partial charge in [-0.3, -0.25) is 19.1 Å². The smallest absolute Gasteiger partial charge is 0.314 e. The molecule has 0 aromatic carbocycles. The average Bonchev–Trinajstić information content (AvgIpc) is 3.24. The summed E-state index contributed by atoms with van der Waals surface area (Å²) in [5, 5.41) is 13.9. The molecule has 3 heterocycles. The Kier molecular flexibility index (Phi) is 4.36. The number of hydrogen-bond acceptors (Lipinski definition) is 4. The summed E-state index contributed by atoms with van der Waals surface area (Å²) in [5.41, 5.74) is -0.816. The second-order valence-corrected chi connectivity index (χ2v) is 6.65. The SMILES string of the molecule is C=CCN1C[C@]2(C(=O)O)CN(C(=O)c3ccnn3CCC)C[C@@H]2C1=O. The molecule has 134 valence electrons. The van der Waals surface area contributed by atoms with E-state index in [1.54, 1.807) is 23.0 Å². The van der Waals surface area contributed by atoms with Crippen molar-refractivity contribution in [1.29, 1.82) is 0 Å². The Bertz CT molecular complexity index is 728. The average molecular weight is 346 g/mol. The summed E-state index contributed by atoms with van der Waals surface area (Å²) >= 11 is 0. The Morgan fingerprint density at radius 1 is 1.48 bits per heavy atom. The van der Waals surface area contributed by atoms with Crippen LogP contribution >= 0.6 is 0 Å². The van der Waals surface area contributed by atoms with E-state index in [9.17, 15) is 19.5 Å². The van der Waals surface area contributed by atoms with Gasteiger partial charge in [0, 0.05) is 38.9 Å². The fourth-order valence-electron chi connectivity index (χ4n) is 3.84. The van der Waals surface area contributed by atoms with Gasteiger partial charge in [0.25, 0.3) is 5.91 Å². The van der Waals surface area contributed by atoms with Crippen LogP contribution in [-0.4, -0.2) is 68.6 Å². The van der Waals surface area contributed by atoms with Crippen molar-refractivity contribution >= 4 is 17.8 Å². The summed E-state index contributed by atoms with van der Waals surface area (Å²) in [4.78, 5) is 40.4. The van der Waals surface area contributed by atoms with Crippen molar-refractivity contribution < 1.29 is 19.5 Å². The number of carboxylic acids is 1. The molecule has 2 atom stereocenters. The highest BCUT2D eigenvalue weighted by Crippen LogP contribution is 2.44. The molecule has 2 saturated heterocycles. The van der Waals surface area contributed by atoms with Crippen LogP contribution in [0.25, 0.3) is 0 Å². The lowest BCUT2D eigenvalue weighted by Gasteiger charge is -2.24. The van der Waals surface area contributed by atoms with Crippen molar-refractivity contribution in [3.8, 4) is 0 Å². The van der Waals surface area contributed by atoms with Gasteiger partial charge < -0.3 is 14.9 Å². The molecule has 0 bridgehead atoms. The Morgan fingerprint density at radius 2 is 2.24 bits per heavy atom. The largest absolute Gasteiger partial charge is 0.481 e. The number of aliphatic carboxylic acids is 1. The van der Waals surface area contributed by atoms with Crippen LogP contribution < -0.4 is 0 Å². The van der Waals surface area contributed by atoms with Gasteiger partial charge in [0.05, 0.1) is 5.92 Å². The maximum Gasteiger partial charge on any atom is 0.314 e. The molecular formula is C17H22N4O4. The predicted molar refractivity (Wildman–Crippen MR) is 88.8 cm³/mol. The van der Waals surface area contributed by atoms with E-state index in [4.69, 9.17) is 0 Å². The highest BCUT2D eigenvalue weighted by Gasteiger charge is 2.62. The highest BCUT2D eigenvalue weighted by molar-refractivity contribution is 5.97. The Morgan fingerprint density at radius 3 is 2.84 bits per heavy atom. The third kappa shape index (κ3) is 2.61. The molecule has 8 heteroatoms. The minimum atomic E-state index is -1.24. The van der Waals surface area contributed by atoms with E-state index in [1.807, 2.05) is 6.92 Å². The van der Waals surface area contributed by atoms with E-state index in [-0.39, 0.29) is 31.4 Å². The van der Waals surface area contributed by atoms with E-state index in [0.717, 1.165) is 6.42 Å². The maximum absolute atomic E-state index is 12.8. The number of nitrogens with zero attached hydrogens (tertiary/aromatic N) is 4. The van der Waals surface area contributed by atoms with Gasteiger partial charge >= 0.3 is 5.97 Å². The van der Waals surface area contributed by atoms with Gasteiger partial charge in [-0.25, -0.2) is 0 Å². The minimum Gasteiger partial charge on any atom is -0.481 e. The molecule has 2 amide bonds. The summed E-state index contributed by atoms with van der Waals surface area (Å²) in [6, 6.07) is 1.63. The van der Waals surface area contributed by atoms with Gasteiger partial charge in [-0.1, -0.05) is 13.0 Å². The van der Waals surface area contributed by atoms with Crippen molar-refractivity contribution in [2.24, 2.45) is 11.3 Å². The molecular weight excluding hydrogens is 324 g/mol. The van der Waals surface area contributed by atoms with Crippen LogP contribution in [0, 0.1) is 11.3 Å². The zero-order valence-corrected chi connectivity index (χ0v) is 14.2. The third-order valence-electron chi connectivity index (χ3n) is 5.06. The predicted octanol–water partition coefficient (Wildman–Crippen LogP) is 0.464. The Hall–Kier alpha value is -2.64. The fraction of sp³-hybridized carbons (Fsp3) is 0.529. The molecule has 8 nitrogen and oxygen atoms in total. The fourth-order valence-corrected chi connectivity index (χ4v) is 3.84. The lowest BCUT2D eigenvalue weighted by atomic mass is 9.81. The van der Waals surface area contributed by atoms with Gasteiger partial charge in [-0.2, -0.15) is 5.10 Å². The number of likely N-dealkylation sites (tertiary alicyclic amines) is 2. The molecule has 0 aliphatic carbocycles. The van der Waals surface area contributed by atoms with Crippen molar-refractivity contribution in [3.63, 3.8) is 0 Å². The van der Waals surface area contributed by atoms with E-state index < -0.39 is 17.3 Å². The molecule has 3 rings (SSSR count). The lowest BCUT2D eigenvalue weighted by Crippen LogP contribution is -2.42. The molecule has 1 aromatic heterocycles. The Labute approximate surface area is 145 Å². The van der Waals surface area contributed by atoms with Crippen LogP contribution in [0.3, 0.4) is 0 Å². The molecule has 1 N–H and O–H groups in total. The van der Waals surface area contributed by atoms with Crippen LogP contribution in [0.15, 0.2) is 24.9 Å². The number of carboxylic acid groups (broad SMARTS) is 1. The van der Waals surface area contributed by atoms with Crippen LogP contribution in [0.4, 0.5) is 0 Å². The number of carbonyl (C=O) groups excluding carboxylic acids is 2. The number of aryl methyl sites for hydroxylation is 1. The van der Waals surface area contributed by atoms with E-state index in [1.165, 1.54) is 9.80 Å². The normalized spacial score (nSPS) is 25.3. The first kappa shape index (κ1) is 17.2. The number of hydrogen-bond donors (Lipinski definition) is 1. The summed E-state index contributed by atoms with van der Waals surface area (Å²) in [7, 11) is 0. The third-order valence-corrected chi connectivity index (χ3v) is 5.06. The van der Waals surface area contributed by atoms with Gasteiger partial charge in [0.15, 0.2) is 0 Å². The van der Waals surface area contributed by atoms with Crippen molar-refractivity contribution in [2.75, 3.05) is 26.2 Å². The van der Waals surface area contributed by atoms with E-state index >= 15 is 0 Å². The number of aromatic nitrogens is 2. The summed E-state index contributed by atoms with van der Waals surface area (Å²) in [6.45, 7) is 6.79. The second kappa shape index (κ2) is 6.34. The Balaban J connectivity index is 1.85. The molecule has 25 heavy (non-hydrogen) atoms. The molecule has 0 spiro atoms. The molecule has 0 saturated carbocycles. The highest BCUT2D eigenvalue weighted by atomic mass is 16.4. The molecule has 2 fully saturated rings. The summed E-state index contributed by atoms with van der Waals surface area (Å²) < 4.78 is 1.62. The van der Waals surface area contributed by atoms with E-state index in [0.29, 0.717) is 18.8 Å². The minimum absolute atomic E-state index is 0.0303. The molecule has 0 radical (unpaired) electrons. The summed E-state index contributed by atoms with van der Waals surface area (Å²) in [6.07, 6.45) is 3.98. The number of amides is 2. The lowest BCUT2D eigenvalue weighted by molar-refractivity contribution is -0.149. The van der Waals surface area contributed by atoms with Crippen molar-refractivity contribution in [2.45, 2.75) is 19.9 Å².